The molecular weight excluding hydrogens is 432 g/mol. The second kappa shape index (κ2) is 8.46. The number of hydrogen-bond acceptors (Lipinski definition) is 6. The Morgan fingerprint density at radius 2 is 1.84 bits per heavy atom. The van der Waals surface area contributed by atoms with Gasteiger partial charge in [0.2, 0.25) is 0 Å². The van der Waals surface area contributed by atoms with Crippen molar-refractivity contribution in [3.8, 4) is 11.4 Å². The highest BCUT2D eigenvalue weighted by Gasteiger charge is 2.33. The van der Waals surface area contributed by atoms with E-state index in [9.17, 15) is 18.0 Å². The molecule has 0 saturated heterocycles. The number of aromatic nitrogens is 2. The zero-order valence-electron chi connectivity index (χ0n) is 17.6. The number of ether oxygens (including phenoxy) is 1. The van der Waals surface area contributed by atoms with Crippen molar-refractivity contribution < 1.29 is 22.7 Å². The summed E-state index contributed by atoms with van der Waals surface area (Å²) in [5.41, 5.74) is 3.23. The first-order chi connectivity index (χ1) is 15.3. The molecule has 32 heavy (non-hydrogen) atoms. The van der Waals surface area contributed by atoms with E-state index in [0.29, 0.717) is 22.7 Å². The number of rotatable bonds is 5. The summed E-state index contributed by atoms with van der Waals surface area (Å²) < 4.78 is 30.8. The third-order valence-corrected chi connectivity index (χ3v) is 6.53. The smallest absolute Gasteiger partial charge is 0.314 e. The first kappa shape index (κ1) is 21.6. The van der Waals surface area contributed by atoms with Crippen LogP contribution in [0.4, 0.5) is 5.82 Å². The maximum atomic E-state index is 12.6. The minimum atomic E-state index is -3.34. The number of methoxy groups -OCH3 is 1. The summed E-state index contributed by atoms with van der Waals surface area (Å²) in [7, 11) is -1.80. The first-order valence-corrected chi connectivity index (χ1v) is 11.7. The Hall–Kier alpha value is -3.66. The number of amides is 2. The molecule has 0 bridgehead atoms. The predicted molar refractivity (Wildman–Crippen MR) is 118 cm³/mol. The van der Waals surface area contributed by atoms with Gasteiger partial charge in [-0.15, -0.1) is 0 Å². The van der Waals surface area contributed by atoms with Crippen LogP contribution in [0.2, 0.25) is 0 Å². The van der Waals surface area contributed by atoms with Crippen LogP contribution >= 0.6 is 0 Å². The molecule has 2 heterocycles. The average Bonchev–Trinajstić information content (AvgIpc) is 3.24. The van der Waals surface area contributed by atoms with Crippen molar-refractivity contribution in [2.75, 3.05) is 12.4 Å². The summed E-state index contributed by atoms with van der Waals surface area (Å²) in [5.74, 6) is -1.37. The molecule has 3 aromatic rings. The standard InChI is InChI=1S/C22H22N4O5S/c1-14-6-8-16(9-7-14)26-20(18-12-32(29,30)13-19(18)25-26)24-22(28)21(27)23-11-15-4-3-5-17(10-15)31-2/h3-10H,11-13H2,1-2H3,(H,23,27)(H,24,28). The SMILES string of the molecule is COc1cccc(CNC(=O)C(=O)Nc2c3c(nn2-c2ccc(C)cc2)CS(=O)(=O)C3)c1. The average molecular weight is 455 g/mol. The molecule has 0 fully saturated rings. The molecular formula is C22H22N4O5S. The van der Waals surface area contributed by atoms with Crippen molar-refractivity contribution in [3.63, 3.8) is 0 Å². The lowest BCUT2D eigenvalue weighted by Gasteiger charge is -2.12. The minimum Gasteiger partial charge on any atom is -0.497 e. The van der Waals surface area contributed by atoms with Gasteiger partial charge < -0.3 is 15.4 Å². The predicted octanol–water partition coefficient (Wildman–Crippen LogP) is 1.87. The van der Waals surface area contributed by atoms with Gasteiger partial charge in [-0.05, 0) is 36.8 Å². The summed E-state index contributed by atoms with van der Waals surface area (Å²) in [6.07, 6.45) is 0. The Morgan fingerprint density at radius 1 is 1.09 bits per heavy atom. The highest BCUT2D eigenvalue weighted by Crippen LogP contribution is 2.33. The monoisotopic (exact) mass is 454 g/mol. The van der Waals surface area contributed by atoms with Crippen LogP contribution in [-0.4, -0.2) is 37.1 Å². The van der Waals surface area contributed by atoms with Crippen LogP contribution in [0.15, 0.2) is 48.5 Å². The van der Waals surface area contributed by atoms with E-state index in [1.807, 2.05) is 31.2 Å². The molecule has 1 aromatic heterocycles. The van der Waals surface area contributed by atoms with E-state index in [1.165, 1.54) is 4.68 Å². The van der Waals surface area contributed by atoms with Crippen LogP contribution in [0, 0.1) is 6.92 Å². The molecule has 166 valence electrons. The van der Waals surface area contributed by atoms with Crippen LogP contribution in [0.5, 0.6) is 5.75 Å². The normalized spacial score (nSPS) is 13.9. The third kappa shape index (κ3) is 4.50. The quantitative estimate of drug-likeness (QED) is 0.568. The number of anilines is 1. The molecule has 0 radical (unpaired) electrons. The molecule has 10 heteroatoms. The van der Waals surface area contributed by atoms with Gasteiger partial charge in [0.25, 0.3) is 0 Å². The Morgan fingerprint density at radius 3 is 2.56 bits per heavy atom. The van der Waals surface area contributed by atoms with Crippen LogP contribution in [0.25, 0.3) is 5.69 Å². The molecule has 0 atom stereocenters. The fourth-order valence-corrected chi connectivity index (χ4v) is 4.95. The number of hydrogen-bond donors (Lipinski definition) is 2. The lowest BCUT2D eigenvalue weighted by atomic mass is 10.2. The molecule has 0 saturated carbocycles. The van der Waals surface area contributed by atoms with Gasteiger partial charge in [-0.3, -0.25) is 9.59 Å². The number of aryl methyl sites for hydroxylation is 1. The molecule has 1 aliphatic rings. The number of nitrogens with zero attached hydrogens (tertiary/aromatic N) is 2. The van der Waals surface area contributed by atoms with Crippen LogP contribution in [0.3, 0.4) is 0 Å². The maximum Gasteiger partial charge on any atom is 0.314 e. The van der Waals surface area contributed by atoms with Crippen molar-refractivity contribution >= 4 is 27.5 Å². The Balaban J connectivity index is 1.55. The van der Waals surface area contributed by atoms with Gasteiger partial charge in [0.1, 0.15) is 11.6 Å². The Bertz CT molecular complexity index is 1300. The molecule has 0 aliphatic carbocycles. The van der Waals surface area contributed by atoms with Gasteiger partial charge >= 0.3 is 11.8 Å². The van der Waals surface area contributed by atoms with Crippen LogP contribution in [0.1, 0.15) is 22.4 Å². The van der Waals surface area contributed by atoms with E-state index in [2.05, 4.69) is 15.7 Å². The number of fused-ring (bicyclic) bond motifs is 1. The summed E-state index contributed by atoms with van der Waals surface area (Å²) in [4.78, 5) is 25.0. The number of benzene rings is 2. The van der Waals surface area contributed by atoms with E-state index in [4.69, 9.17) is 4.74 Å². The molecule has 0 spiro atoms. The first-order valence-electron chi connectivity index (χ1n) is 9.86. The van der Waals surface area contributed by atoms with Crippen LogP contribution in [-0.2, 0) is 37.5 Å². The molecule has 0 unspecified atom stereocenters. The fraction of sp³-hybridized carbons (Fsp3) is 0.227. The summed E-state index contributed by atoms with van der Waals surface area (Å²) >= 11 is 0. The second-order valence-electron chi connectivity index (χ2n) is 7.54. The third-order valence-electron chi connectivity index (χ3n) is 5.09. The molecule has 2 aromatic carbocycles. The van der Waals surface area contributed by atoms with Crippen molar-refractivity contribution in [1.82, 2.24) is 15.1 Å². The lowest BCUT2D eigenvalue weighted by molar-refractivity contribution is -0.136. The van der Waals surface area contributed by atoms with Gasteiger partial charge in [0.05, 0.1) is 30.0 Å². The summed E-state index contributed by atoms with van der Waals surface area (Å²) in [6.45, 7) is 2.07. The zero-order chi connectivity index (χ0) is 22.9. The van der Waals surface area contributed by atoms with Gasteiger partial charge in [-0.2, -0.15) is 5.10 Å². The van der Waals surface area contributed by atoms with Gasteiger partial charge in [-0.1, -0.05) is 29.8 Å². The summed E-state index contributed by atoms with van der Waals surface area (Å²) in [5, 5.41) is 9.51. The van der Waals surface area contributed by atoms with Crippen molar-refractivity contribution in [2.24, 2.45) is 0 Å². The van der Waals surface area contributed by atoms with E-state index >= 15 is 0 Å². The zero-order valence-corrected chi connectivity index (χ0v) is 18.4. The fourth-order valence-electron chi connectivity index (χ4n) is 3.45. The second-order valence-corrected chi connectivity index (χ2v) is 9.61. The minimum absolute atomic E-state index is 0.132. The van der Waals surface area contributed by atoms with Crippen molar-refractivity contribution in [1.29, 1.82) is 0 Å². The van der Waals surface area contributed by atoms with Gasteiger partial charge in [0, 0.05) is 12.1 Å². The highest BCUT2D eigenvalue weighted by atomic mass is 32.2. The van der Waals surface area contributed by atoms with Crippen molar-refractivity contribution in [2.45, 2.75) is 25.0 Å². The molecule has 1 aliphatic heterocycles. The van der Waals surface area contributed by atoms with E-state index < -0.39 is 21.7 Å². The van der Waals surface area contributed by atoms with Gasteiger partial charge in [-0.25, -0.2) is 13.1 Å². The summed E-state index contributed by atoms with van der Waals surface area (Å²) in [6, 6.07) is 14.5. The van der Waals surface area contributed by atoms with Crippen LogP contribution < -0.4 is 15.4 Å². The van der Waals surface area contributed by atoms with E-state index in [0.717, 1.165) is 11.1 Å². The van der Waals surface area contributed by atoms with E-state index in [-0.39, 0.29) is 23.9 Å². The molecule has 9 nitrogen and oxygen atoms in total. The number of carbonyl (C=O) groups excluding carboxylic acids is 2. The number of carbonyl (C=O) groups is 2. The largest absolute Gasteiger partial charge is 0.497 e. The number of nitrogens with one attached hydrogen (secondary N) is 2. The molecule has 4 rings (SSSR count). The molecule has 2 amide bonds. The van der Waals surface area contributed by atoms with E-state index in [1.54, 1.807) is 31.4 Å². The van der Waals surface area contributed by atoms with Gasteiger partial charge in [0.15, 0.2) is 9.84 Å². The lowest BCUT2D eigenvalue weighted by Crippen LogP contribution is -2.35. The number of sulfone groups is 1. The Labute approximate surface area is 185 Å². The van der Waals surface area contributed by atoms with Crippen molar-refractivity contribution in [3.05, 3.63) is 70.9 Å². The highest BCUT2D eigenvalue weighted by molar-refractivity contribution is 7.90. The topological polar surface area (TPSA) is 119 Å². The maximum absolute atomic E-state index is 12.6. The molecule has 2 N–H and O–H groups in total. The Kier molecular flexibility index (Phi) is 5.70.